The molecule has 0 saturated heterocycles. The van der Waals surface area contributed by atoms with E-state index < -0.39 is 11.9 Å². The Balaban J connectivity index is 0.000000284. The molecule has 17 heavy (non-hydrogen) atoms. The van der Waals surface area contributed by atoms with Gasteiger partial charge in [-0.15, -0.1) is 0 Å². The van der Waals surface area contributed by atoms with Gasteiger partial charge >= 0.3 is 29.0 Å². The van der Waals surface area contributed by atoms with E-state index in [4.69, 9.17) is 10.2 Å². The van der Waals surface area contributed by atoms with E-state index in [0.29, 0.717) is 11.8 Å². The second-order valence-electron chi connectivity index (χ2n) is 2.96. The van der Waals surface area contributed by atoms with Crippen molar-refractivity contribution in [3.63, 3.8) is 0 Å². The van der Waals surface area contributed by atoms with Gasteiger partial charge in [0.15, 0.2) is 0 Å². The summed E-state index contributed by atoms with van der Waals surface area (Å²) in [6.07, 6.45) is 13.0. The number of carboxylic acid groups (broad SMARTS) is 2. The number of carboxylic acids is 2. The van der Waals surface area contributed by atoms with Crippen LogP contribution in [0.4, 0.5) is 0 Å². The van der Waals surface area contributed by atoms with Gasteiger partial charge < -0.3 is 10.2 Å². The Morgan fingerprint density at radius 3 is 1.06 bits per heavy atom. The molecule has 0 aliphatic heterocycles. The average Bonchev–Trinajstić information content (AvgIpc) is 2.93. The molecular formula is C12H10FeO4+2. The number of hydrogen-bond donors (Lipinski definition) is 2. The van der Waals surface area contributed by atoms with E-state index >= 15 is 0 Å². The molecule has 2 N–H and O–H groups in total. The van der Waals surface area contributed by atoms with E-state index in [1.165, 1.54) is 0 Å². The van der Waals surface area contributed by atoms with Crippen molar-refractivity contribution in [3.05, 3.63) is 63.2 Å². The standard InChI is InChI=1S/2C6H5O2.Fe/c2*7-6(8)5-3-1-2-4-5;/h2*1-4H,(H,7,8);/q;;+2. The molecule has 4 nitrogen and oxygen atoms in total. The first-order chi connectivity index (χ1) is 7.61. The van der Waals surface area contributed by atoms with Crippen molar-refractivity contribution >= 4 is 11.9 Å². The Morgan fingerprint density at radius 2 is 0.941 bits per heavy atom. The van der Waals surface area contributed by atoms with Crippen LogP contribution in [-0.4, -0.2) is 22.2 Å². The van der Waals surface area contributed by atoms with Gasteiger partial charge in [-0.3, -0.25) is 9.59 Å². The van der Waals surface area contributed by atoms with Gasteiger partial charge in [-0.25, -0.2) is 0 Å². The topological polar surface area (TPSA) is 74.6 Å². The van der Waals surface area contributed by atoms with Crippen molar-refractivity contribution in [2.24, 2.45) is 0 Å². The minimum absolute atomic E-state index is 0. The molecule has 0 amide bonds. The number of carbonyl (C=O) groups is 2. The van der Waals surface area contributed by atoms with E-state index in [-0.39, 0.29) is 17.1 Å². The van der Waals surface area contributed by atoms with Crippen LogP contribution in [0.5, 0.6) is 0 Å². The van der Waals surface area contributed by atoms with Gasteiger partial charge in [0.05, 0.1) is 11.8 Å². The Bertz CT molecular complexity index is 217. The molecule has 0 heterocycles. The van der Waals surface area contributed by atoms with Crippen molar-refractivity contribution < 1.29 is 36.9 Å². The summed E-state index contributed by atoms with van der Waals surface area (Å²) in [4.78, 5) is 20.1. The van der Waals surface area contributed by atoms with Gasteiger partial charge in [0.1, 0.15) is 0 Å². The molecule has 2 saturated carbocycles. The Hall–Kier alpha value is -0.541. The molecule has 0 spiro atoms. The molecule has 0 unspecified atom stereocenters. The summed E-state index contributed by atoms with van der Waals surface area (Å²) in [7, 11) is 0. The summed E-state index contributed by atoms with van der Waals surface area (Å²) in [6.45, 7) is 0. The van der Waals surface area contributed by atoms with Gasteiger partial charge in [0.2, 0.25) is 0 Å². The Labute approximate surface area is 112 Å². The van der Waals surface area contributed by atoms with Crippen LogP contribution >= 0.6 is 0 Å². The van der Waals surface area contributed by atoms with Crippen molar-refractivity contribution in [1.29, 1.82) is 0 Å². The molecule has 0 aromatic heterocycles. The van der Waals surface area contributed by atoms with Gasteiger partial charge in [0.25, 0.3) is 0 Å². The maximum Gasteiger partial charge on any atom is 2.00 e. The zero-order valence-electron chi connectivity index (χ0n) is 8.68. The molecular weight excluding hydrogens is 264 g/mol. The largest absolute Gasteiger partial charge is 2.00 e. The zero-order chi connectivity index (χ0) is 12.0. The molecule has 10 radical (unpaired) electrons. The Morgan fingerprint density at radius 1 is 0.706 bits per heavy atom. The van der Waals surface area contributed by atoms with Gasteiger partial charge in [0, 0.05) is 0 Å². The average molecular weight is 274 g/mol. The fourth-order valence-electron chi connectivity index (χ4n) is 1.03. The molecule has 2 fully saturated rings. The number of hydrogen-bond acceptors (Lipinski definition) is 2. The summed E-state index contributed by atoms with van der Waals surface area (Å²) in [6, 6.07) is 0. The smallest absolute Gasteiger partial charge is 0.481 e. The second-order valence-corrected chi connectivity index (χ2v) is 2.96. The first-order valence-corrected chi connectivity index (χ1v) is 4.51. The van der Waals surface area contributed by atoms with Crippen LogP contribution in [0.3, 0.4) is 0 Å². The summed E-state index contributed by atoms with van der Waals surface area (Å²) < 4.78 is 0. The van der Waals surface area contributed by atoms with E-state index in [0.717, 1.165) is 0 Å². The molecule has 2 aliphatic rings. The van der Waals surface area contributed by atoms with E-state index in [1.54, 1.807) is 51.4 Å². The van der Waals surface area contributed by atoms with Crippen LogP contribution in [0.2, 0.25) is 0 Å². The van der Waals surface area contributed by atoms with Crippen molar-refractivity contribution in [2.75, 3.05) is 0 Å². The van der Waals surface area contributed by atoms with Crippen LogP contribution in [0.25, 0.3) is 0 Å². The van der Waals surface area contributed by atoms with Crippen molar-refractivity contribution in [2.45, 2.75) is 0 Å². The van der Waals surface area contributed by atoms with Crippen LogP contribution in [0.1, 0.15) is 0 Å². The molecule has 0 atom stereocenters. The first kappa shape index (κ1) is 16.5. The van der Waals surface area contributed by atoms with E-state index in [9.17, 15) is 9.59 Å². The fraction of sp³-hybridized carbons (Fsp3) is 0. The van der Waals surface area contributed by atoms with E-state index in [2.05, 4.69) is 0 Å². The van der Waals surface area contributed by atoms with Gasteiger partial charge in [-0.05, 0) is 51.4 Å². The molecule has 0 bridgehead atoms. The third kappa shape index (κ3) is 6.08. The zero-order valence-corrected chi connectivity index (χ0v) is 9.79. The maximum absolute atomic E-state index is 10.1. The summed E-state index contributed by atoms with van der Waals surface area (Å²) in [5.74, 6) is -1.03. The molecule has 2 aliphatic carbocycles. The molecule has 2 rings (SSSR count). The van der Waals surface area contributed by atoms with Crippen LogP contribution in [-0.2, 0) is 26.7 Å². The molecule has 5 heteroatoms. The normalized spacial score (nSPS) is 20.2. The quantitative estimate of drug-likeness (QED) is 0.735. The van der Waals surface area contributed by atoms with Crippen molar-refractivity contribution in [3.8, 4) is 0 Å². The van der Waals surface area contributed by atoms with Gasteiger partial charge in [-0.2, -0.15) is 0 Å². The second kappa shape index (κ2) is 8.54. The van der Waals surface area contributed by atoms with Crippen molar-refractivity contribution in [1.82, 2.24) is 0 Å². The van der Waals surface area contributed by atoms with Crippen LogP contribution in [0.15, 0.2) is 0 Å². The molecule has 0 aromatic rings. The van der Waals surface area contributed by atoms with Crippen LogP contribution in [0, 0.1) is 63.2 Å². The third-order valence-corrected chi connectivity index (χ3v) is 1.82. The summed E-state index contributed by atoms with van der Waals surface area (Å²) in [5, 5.41) is 16.5. The third-order valence-electron chi connectivity index (χ3n) is 1.82. The van der Waals surface area contributed by atoms with Gasteiger partial charge in [-0.1, -0.05) is 0 Å². The predicted octanol–water partition coefficient (Wildman–Crippen LogP) is 0.950. The number of aliphatic carboxylic acids is 2. The first-order valence-electron chi connectivity index (χ1n) is 4.51. The molecule has 88 valence electrons. The molecule has 0 aromatic carbocycles. The van der Waals surface area contributed by atoms with E-state index in [1.807, 2.05) is 0 Å². The predicted molar refractivity (Wildman–Crippen MR) is 56.2 cm³/mol. The Kier molecular flexibility index (Phi) is 8.26. The fourth-order valence-corrected chi connectivity index (χ4v) is 1.03. The SMILES string of the molecule is O=C(O)[C]1[CH][CH][CH][CH]1.O=C(O)[C]1[CH][CH][CH][CH]1.[Fe+2]. The summed E-state index contributed by atoms with van der Waals surface area (Å²) >= 11 is 0. The minimum atomic E-state index is -0.866. The maximum atomic E-state index is 10.1. The number of rotatable bonds is 2. The summed E-state index contributed by atoms with van der Waals surface area (Å²) in [5.41, 5.74) is 0. The van der Waals surface area contributed by atoms with Crippen LogP contribution < -0.4 is 0 Å². The minimum Gasteiger partial charge on any atom is -0.481 e. The monoisotopic (exact) mass is 274 g/mol.